The van der Waals surface area contributed by atoms with Crippen molar-refractivity contribution in [2.24, 2.45) is 11.8 Å². The molecule has 1 fully saturated rings. The molecule has 1 aromatic rings. The fraction of sp³-hybridized carbons (Fsp3) is 0.619. The topological polar surface area (TPSA) is 92.8 Å². The first-order chi connectivity index (χ1) is 13.7. The molecule has 1 heterocycles. The predicted octanol–water partition coefficient (Wildman–Crippen LogP) is 2.82. The summed E-state index contributed by atoms with van der Waals surface area (Å²) in [6, 6.07) is 5.68. The number of unbranched alkanes of at least 4 members (excludes halogenated alkanes) is 2. The van der Waals surface area contributed by atoms with Gasteiger partial charge in [0.1, 0.15) is 0 Å². The van der Waals surface area contributed by atoms with Crippen LogP contribution in [0.2, 0.25) is 0 Å². The van der Waals surface area contributed by atoms with E-state index < -0.39 is 16.0 Å². The number of rotatable bonds is 9. The molecule has 2 atom stereocenters. The monoisotopic (exact) mass is 424 g/mol. The van der Waals surface area contributed by atoms with Gasteiger partial charge >= 0.3 is 5.97 Å². The van der Waals surface area contributed by atoms with Crippen LogP contribution in [-0.4, -0.2) is 50.8 Å². The highest BCUT2D eigenvalue weighted by atomic mass is 32.2. The van der Waals surface area contributed by atoms with Crippen molar-refractivity contribution in [2.45, 2.75) is 51.3 Å². The van der Waals surface area contributed by atoms with Crippen LogP contribution in [0, 0.1) is 11.8 Å². The van der Waals surface area contributed by atoms with E-state index in [9.17, 15) is 18.0 Å². The van der Waals surface area contributed by atoms with Crippen molar-refractivity contribution in [3.63, 3.8) is 0 Å². The number of benzene rings is 1. The number of amides is 1. The van der Waals surface area contributed by atoms with Gasteiger partial charge < -0.3 is 10.1 Å². The number of nitrogens with zero attached hydrogens (tertiary/aromatic N) is 1. The molecule has 0 unspecified atom stereocenters. The van der Waals surface area contributed by atoms with E-state index in [0.717, 1.165) is 25.7 Å². The molecule has 0 spiro atoms. The fourth-order valence-electron chi connectivity index (χ4n) is 3.58. The number of piperidine rings is 1. The highest BCUT2D eigenvalue weighted by Gasteiger charge is 2.31. The predicted molar refractivity (Wildman–Crippen MR) is 111 cm³/mol. The number of ether oxygens (including phenoxy) is 1. The molecule has 7 nitrogen and oxygen atoms in total. The van der Waals surface area contributed by atoms with Crippen molar-refractivity contribution in [2.75, 3.05) is 26.2 Å². The number of sulfonamides is 1. The summed E-state index contributed by atoms with van der Waals surface area (Å²) < 4.78 is 32.3. The van der Waals surface area contributed by atoms with Crippen molar-refractivity contribution >= 4 is 21.9 Å². The number of esters is 1. The average Bonchev–Trinajstić information content (AvgIpc) is 2.68. The zero-order chi connectivity index (χ0) is 21.4. The van der Waals surface area contributed by atoms with Crippen LogP contribution in [0.3, 0.4) is 0 Å². The smallest absolute Gasteiger partial charge is 0.338 e. The minimum atomic E-state index is -3.59. The summed E-state index contributed by atoms with van der Waals surface area (Å²) in [5, 5.41) is 2.70. The van der Waals surface area contributed by atoms with E-state index in [-0.39, 0.29) is 23.0 Å². The van der Waals surface area contributed by atoms with Crippen LogP contribution < -0.4 is 5.32 Å². The van der Waals surface area contributed by atoms with Gasteiger partial charge in [-0.3, -0.25) is 4.79 Å². The maximum Gasteiger partial charge on any atom is 0.338 e. The van der Waals surface area contributed by atoms with Gasteiger partial charge in [0.25, 0.3) is 5.91 Å². The van der Waals surface area contributed by atoms with Gasteiger partial charge in [-0.25, -0.2) is 13.2 Å². The van der Waals surface area contributed by atoms with Gasteiger partial charge in [-0.05, 0) is 48.9 Å². The Labute approximate surface area is 173 Å². The Bertz CT molecular complexity index is 782. The Morgan fingerprint density at radius 3 is 2.31 bits per heavy atom. The molecule has 8 heteroatoms. The average molecular weight is 425 g/mol. The van der Waals surface area contributed by atoms with Crippen LogP contribution in [-0.2, 0) is 19.6 Å². The lowest BCUT2D eigenvalue weighted by molar-refractivity contribution is -0.124. The minimum Gasteiger partial charge on any atom is -0.452 e. The zero-order valence-electron chi connectivity index (χ0n) is 17.5. The largest absolute Gasteiger partial charge is 0.452 e. The normalized spacial score (nSPS) is 20.2. The van der Waals surface area contributed by atoms with Crippen molar-refractivity contribution in [3.05, 3.63) is 29.8 Å². The highest BCUT2D eigenvalue weighted by molar-refractivity contribution is 7.89. The Balaban J connectivity index is 1.92. The van der Waals surface area contributed by atoms with E-state index in [2.05, 4.69) is 26.1 Å². The summed E-state index contributed by atoms with van der Waals surface area (Å²) in [4.78, 5) is 24.0. The fourth-order valence-corrected chi connectivity index (χ4v) is 5.26. The van der Waals surface area contributed by atoms with Crippen LogP contribution in [0.1, 0.15) is 56.8 Å². The molecule has 0 aromatic heterocycles. The van der Waals surface area contributed by atoms with Crippen LogP contribution in [0.4, 0.5) is 0 Å². The lowest BCUT2D eigenvalue weighted by atomic mass is 9.94. The van der Waals surface area contributed by atoms with E-state index in [1.54, 1.807) is 0 Å². The lowest BCUT2D eigenvalue weighted by Gasteiger charge is -2.34. The molecule has 0 bridgehead atoms. The Morgan fingerprint density at radius 1 is 1.10 bits per heavy atom. The maximum atomic E-state index is 12.9. The summed E-state index contributed by atoms with van der Waals surface area (Å²) in [6.07, 6.45) is 4.00. The van der Waals surface area contributed by atoms with Crippen molar-refractivity contribution in [1.82, 2.24) is 9.62 Å². The number of carbonyl (C=O) groups is 2. The van der Waals surface area contributed by atoms with Crippen molar-refractivity contribution in [3.8, 4) is 0 Å². The molecule has 162 valence electrons. The lowest BCUT2D eigenvalue weighted by Crippen LogP contribution is -2.42. The molecule has 1 aromatic carbocycles. The quantitative estimate of drug-likeness (QED) is 0.486. The van der Waals surface area contributed by atoms with Gasteiger partial charge in [0, 0.05) is 19.6 Å². The number of carbonyl (C=O) groups excluding carboxylic acids is 2. The van der Waals surface area contributed by atoms with Crippen molar-refractivity contribution < 1.29 is 22.7 Å². The van der Waals surface area contributed by atoms with Crippen LogP contribution in [0.15, 0.2) is 29.2 Å². The first-order valence-corrected chi connectivity index (χ1v) is 11.7. The number of nitrogens with one attached hydrogen (secondary N) is 1. The third-order valence-electron chi connectivity index (χ3n) is 5.00. The van der Waals surface area contributed by atoms with Crippen LogP contribution >= 0.6 is 0 Å². The zero-order valence-corrected chi connectivity index (χ0v) is 18.3. The molecule has 1 aliphatic heterocycles. The maximum absolute atomic E-state index is 12.9. The molecule has 1 aliphatic rings. The van der Waals surface area contributed by atoms with Crippen LogP contribution in [0.25, 0.3) is 0 Å². The molecular weight excluding hydrogens is 392 g/mol. The third kappa shape index (κ3) is 6.82. The molecule has 2 rings (SSSR count). The van der Waals surface area contributed by atoms with Crippen LogP contribution in [0.5, 0.6) is 0 Å². The second-order valence-electron chi connectivity index (χ2n) is 7.93. The first-order valence-electron chi connectivity index (χ1n) is 10.3. The summed E-state index contributed by atoms with van der Waals surface area (Å²) >= 11 is 0. The van der Waals surface area contributed by atoms with E-state index >= 15 is 0 Å². The Hall–Kier alpha value is -1.93. The first kappa shape index (κ1) is 23.3. The standard InChI is InChI=1S/C21H32N2O5S/c1-4-5-6-11-22-20(24)15-28-21(25)18-7-9-19(10-8-18)29(26,27)23-13-16(2)12-17(3)14-23/h7-10,16-17H,4-6,11-15H2,1-3H3,(H,22,24)/t16-,17-/m0/s1. The highest BCUT2D eigenvalue weighted by Crippen LogP contribution is 2.26. The number of hydrogen-bond donors (Lipinski definition) is 1. The minimum absolute atomic E-state index is 0.156. The Kier molecular flexibility index (Phi) is 8.64. The second-order valence-corrected chi connectivity index (χ2v) is 9.86. The summed E-state index contributed by atoms with van der Waals surface area (Å²) in [5.41, 5.74) is 0.211. The van der Waals surface area contributed by atoms with Crippen molar-refractivity contribution in [1.29, 1.82) is 0 Å². The van der Waals surface area contributed by atoms with Gasteiger partial charge in [0.05, 0.1) is 10.5 Å². The van der Waals surface area contributed by atoms with Gasteiger partial charge in [-0.2, -0.15) is 4.31 Å². The van der Waals surface area contributed by atoms with E-state index in [4.69, 9.17) is 4.74 Å². The van der Waals surface area contributed by atoms with E-state index in [1.165, 1.54) is 28.6 Å². The molecule has 1 saturated heterocycles. The summed E-state index contributed by atoms with van der Waals surface area (Å²) in [6.45, 7) is 7.40. The van der Waals surface area contributed by atoms with Gasteiger partial charge in [0.15, 0.2) is 6.61 Å². The third-order valence-corrected chi connectivity index (χ3v) is 6.85. The number of hydrogen-bond acceptors (Lipinski definition) is 5. The summed E-state index contributed by atoms with van der Waals surface area (Å²) in [5.74, 6) is -0.369. The molecule has 29 heavy (non-hydrogen) atoms. The molecule has 1 amide bonds. The van der Waals surface area contributed by atoms with Gasteiger partial charge in [0.2, 0.25) is 10.0 Å². The molecule has 0 aliphatic carbocycles. The van der Waals surface area contributed by atoms with E-state index in [0.29, 0.717) is 31.5 Å². The second kappa shape index (κ2) is 10.7. The molecular formula is C21H32N2O5S. The SMILES string of the molecule is CCCCCNC(=O)COC(=O)c1ccc(S(=O)(=O)N2C[C@@H](C)C[C@H](C)C2)cc1. The molecule has 0 saturated carbocycles. The summed E-state index contributed by atoms with van der Waals surface area (Å²) in [7, 11) is -3.59. The molecule has 0 radical (unpaired) electrons. The van der Waals surface area contributed by atoms with Gasteiger partial charge in [-0.1, -0.05) is 33.6 Å². The van der Waals surface area contributed by atoms with E-state index in [1.807, 2.05) is 0 Å². The Morgan fingerprint density at radius 2 is 1.72 bits per heavy atom. The molecule has 1 N–H and O–H groups in total. The van der Waals surface area contributed by atoms with Gasteiger partial charge in [-0.15, -0.1) is 0 Å².